The number of benzene rings is 1. The van der Waals surface area contributed by atoms with Crippen LogP contribution in [0, 0.1) is 0 Å². The maximum atomic E-state index is 12.2. The van der Waals surface area contributed by atoms with E-state index >= 15 is 0 Å². The molecule has 0 fully saturated rings. The first-order valence-electron chi connectivity index (χ1n) is 6.21. The fraction of sp³-hybridized carbons (Fsp3) is 0.462. The van der Waals surface area contributed by atoms with E-state index in [1.807, 2.05) is 0 Å². The highest BCUT2D eigenvalue weighted by Crippen LogP contribution is 2.37. The summed E-state index contributed by atoms with van der Waals surface area (Å²) in [6, 6.07) is 2.73. The van der Waals surface area contributed by atoms with Gasteiger partial charge in [-0.15, -0.1) is 0 Å². The smallest absolute Gasteiger partial charge is 0.397 e. The summed E-state index contributed by atoms with van der Waals surface area (Å²) in [6.07, 6.45) is -6.02. The van der Waals surface area contributed by atoms with E-state index in [1.165, 1.54) is 0 Å². The second-order valence-corrected chi connectivity index (χ2v) is 5.45. The normalized spacial score (nSPS) is 15.5. The second-order valence-electron chi connectivity index (χ2n) is 4.60. The lowest BCUT2D eigenvalue weighted by Gasteiger charge is -2.22. The Morgan fingerprint density at radius 2 is 1.90 bits per heavy atom. The second kappa shape index (κ2) is 6.13. The van der Waals surface area contributed by atoms with Gasteiger partial charge in [0.15, 0.2) is 11.5 Å². The number of alkyl halides is 3. The summed E-state index contributed by atoms with van der Waals surface area (Å²) in [5.41, 5.74) is 0.620. The van der Waals surface area contributed by atoms with Gasteiger partial charge in [-0.3, -0.25) is 4.79 Å². The van der Waals surface area contributed by atoms with Crippen LogP contribution in [0.3, 0.4) is 0 Å². The van der Waals surface area contributed by atoms with Crippen molar-refractivity contribution in [2.24, 2.45) is 0 Å². The number of halogens is 4. The molecule has 1 aromatic rings. The highest BCUT2D eigenvalue weighted by atomic mass is 79.9. The van der Waals surface area contributed by atoms with Crippen LogP contribution in [0.1, 0.15) is 24.9 Å². The van der Waals surface area contributed by atoms with Crippen molar-refractivity contribution >= 4 is 21.8 Å². The number of hydrogen-bond acceptors (Lipinski definition) is 3. The maximum Gasteiger partial charge on any atom is 0.397 e. The van der Waals surface area contributed by atoms with Crippen LogP contribution in [0.25, 0.3) is 0 Å². The number of hydrogen-bond donors (Lipinski definition) is 1. The minimum atomic E-state index is -4.52. The first-order valence-corrected chi connectivity index (χ1v) is 7.01. The lowest BCUT2D eigenvalue weighted by molar-refractivity contribution is -0.154. The Balaban J connectivity index is 2.12. The van der Waals surface area contributed by atoms with E-state index in [0.29, 0.717) is 34.7 Å². The van der Waals surface area contributed by atoms with E-state index in [0.717, 1.165) is 0 Å². The van der Waals surface area contributed by atoms with Crippen molar-refractivity contribution < 1.29 is 27.4 Å². The third-order valence-electron chi connectivity index (χ3n) is 2.87. The fourth-order valence-corrected chi connectivity index (χ4v) is 2.63. The summed E-state index contributed by atoms with van der Waals surface area (Å²) < 4.78 is 47.9. The molecule has 1 heterocycles. The third kappa shape index (κ3) is 4.26. The minimum Gasteiger partial charge on any atom is -0.486 e. The Hall–Kier alpha value is -1.44. The predicted molar refractivity (Wildman–Crippen MR) is 72.4 cm³/mol. The molecule has 1 aromatic carbocycles. The Morgan fingerprint density at radius 3 is 2.48 bits per heavy atom. The number of fused-ring (bicyclic) bond motifs is 1. The molecule has 2 rings (SSSR count). The summed E-state index contributed by atoms with van der Waals surface area (Å²) in [7, 11) is 0. The van der Waals surface area contributed by atoms with E-state index in [-0.39, 0.29) is 0 Å². The molecule has 0 unspecified atom stereocenters. The van der Waals surface area contributed by atoms with E-state index in [2.05, 4.69) is 21.2 Å². The standard InChI is InChI=1S/C13H13BrF3NO3/c1-7(18-12(19)6-13(15,16)17)8-4-10-11(5-9(8)14)21-3-2-20-10/h4-5,7H,2-3,6H2,1H3,(H,18,19)/t7-/m0/s1. The molecule has 4 nitrogen and oxygen atoms in total. The quantitative estimate of drug-likeness (QED) is 0.890. The fourth-order valence-electron chi connectivity index (χ4n) is 1.96. The summed E-state index contributed by atoms with van der Waals surface area (Å²) >= 11 is 3.32. The van der Waals surface area contributed by atoms with E-state index in [4.69, 9.17) is 9.47 Å². The highest BCUT2D eigenvalue weighted by Gasteiger charge is 2.32. The average Bonchev–Trinajstić information content (AvgIpc) is 2.35. The number of nitrogens with one attached hydrogen (secondary N) is 1. The number of amides is 1. The number of carbonyl (C=O) groups is 1. The van der Waals surface area contributed by atoms with Crippen LogP contribution in [0.5, 0.6) is 11.5 Å². The van der Waals surface area contributed by atoms with Gasteiger partial charge < -0.3 is 14.8 Å². The zero-order chi connectivity index (χ0) is 15.6. The number of ether oxygens (including phenoxy) is 2. The molecule has 1 N–H and O–H groups in total. The van der Waals surface area contributed by atoms with Crippen molar-refractivity contribution in [2.75, 3.05) is 13.2 Å². The maximum absolute atomic E-state index is 12.2. The van der Waals surface area contributed by atoms with Gasteiger partial charge in [-0.25, -0.2) is 0 Å². The lowest BCUT2D eigenvalue weighted by atomic mass is 10.1. The van der Waals surface area contributed by atoms with E-state index < -0.39 is 24.5 Å². The monoisotopic (exact) mass is 367 g/mol. The predicted octanol–water partition coefficient (Wildman–Crippen LogP) is 3.35. The Kier molecular flexibility index (Phi) is 4.65. The summed E-state index contributed by atoms with van der Waals surface area (Å²) in [5, 5.41) is 2.32. The molecule has 0 bridgehead atoms. The van der Waals surface area contributed by atoms with E-state index in [9.17, 15) is 18.0 Å². The topological polar surface area (TPSA) is 47.6 Å². The van der Waals surface area contributed by atoms with Gasteiger partial charge in [0.1, 0.15) is 19.6 Å². The van der Waals surface area contributed by atoms with Crippen LogP contribution in [0.2, 0.25) is 0 Å². The molecule has 1 aliphatic heterocycles. The molecule has 0 saturated heterocycles. The molecule has 0 aliphatic carbocycles. The van der Waals surface area contributed by atoms with Crippen molar-refractivity contribution in [3.05, 3.63) is 22.2 Å². The lowest BCUT2D eigenvalue weighted by Crippen LogP contribution is -2.31. The van der Waals surface area contributed by atoms with Gasteiger partial charge in [-0.1, -0.05) is 15.9 Å². The number of carbonyl (C=O) groups excluding carboxylic acids is 1. The molecule has 0 saturated carbocycles. The van der Waals surface area contributed by atoms with Crippen molar-refractivity contribution in [3.63, 3.8) is 0 Å². The van der Waals surface area contributed by atoms with Crippen molar-refractivity contribution in [1.29, 1.82) is 0 Å². The summed E-state index contributed by atoms with van der Waals surface area (Å²) in [4.78, 5) is 11.3. The van der Waals surface area contributed by atoms with Gasteiger partial charge >= 0.3 is 6.18 Å². The molecule has 1 aliphatic rings. The molecule has 0 spiro atoms. The number of rotatable bonds is 3. The van der Waals surface area contributed by atoms with E-state index in [1.54, 1.807) is 19.1 Å². The van der Waals surface area contributed by atoms with Crippen molar-refractivity contribution in [3.8, 4) is 11.5 Å². The average molecular weight is 368 g/mol. The van der Waals surface area contributed by atoms with Gasteiger partial charge in [0.25, 0.3) is 0 Å². The largest absolute Gasteiger partial charge is 0.486 e. The highest BCUT2D eigenvalue weighted by molar-refractivity contribution is 9.10. The van der Waals surface area contributed by atoms with Crippen LogP contribution >= 0.6 is 15.9 Å². The van der Waals surface area contributed by atoms with Crippen molar-refractivity contribution in [2.45, 2.75) is 25.6 Å². The Morgan fingerprint density at radius 1 is 1.33 bits per heavy atom. The van der Waals surface area contributed by atoms with Gasteiger partial charge in [-0.05, 0) is 24.6 Å². The summed E-state index contributed by atoms with van der Waals surface area (Å²) in [6.45, 7) is 2.45. The minimum absolute atomic E-state index is 0.406. The molecule has 1 amide bonds. The third-order valence-corrected chi connectivity index (χ3v) is 3.55. The molecule has 0 aromatic heterocycles. The molecule has 0 radical (unpaired) electrons. The molecular weight excluding hydrogens is 355 g/mol. The summed E-state index contributed by atoms with van der Waals surface area (Å²) in [5.74, 6) is -0.00106. The first kappa shape index (κ1) is 15.9. The van der Waals surface area contributed by atoms with Crippen LogP contribution in [-0.4, -0.2) is 25.3 Å². The molecule has 8 heteroatoms. The van der Waals surface area contributed by atoms with Crippen LogP contribution in [-0.2, 0) is 4.79 Å². The first-order chi connectivity index (χ1) is 9.76. The van der Waals surface area contributed by atoms with Crippen LogP contribution in [0.4, 0.5) is 13.2 Å². The van der Waals surface area contributed by atoms with Gasteiger partial charge in [0, 0.05) is 4.47 Å². The zero-order valence-corrected chi connectivity index (χ0v) is 12.7. The van der Waals surface area contributed by atoms with Crippen LogP contribution in [0.15, 0.2) is 16.6 Å². The SMILES string of the molecule is C[C@H](NC(=O)CC(F)(F)F)c1cc2c(cc1Br)OCCO2. The van der Waals surface area contributed by atoms with Gasteiger partial charge in [0.05, 0.1) is 6.04 Å². The molecular formula is C13H13BrF3NO3. The Labute approximate surface area is 127 Å². The molecule has 116 valence electrons. The van der Waals surface area contributed by atoms with Gasteiger partial charge in [0.2, 0.25) is 5.91 Å². The molecule has 21 heavy (non-hydrogen) atoms. The molecule has 1 atom stereocenters. The van der Waals surface area contributed by atoms with Crippen molar-refractivity contribution in [1.82, 2.24) is 5.32 Å². The van der Waals surface area contributed by atoms with Gasteiger partial charge in [-0.2, -0.15) is 13.2 Å². The Bertz CT molecular complexity index is 548. The zero-order valence-electron chi connectivity index (χ0n) is 11.1. The van der Waals surface area contributed by atoms with Crippen LogP contribution < -0.4 is 14.8 Å².